The first-order valence-electron chi connectivity index (χ1n) is 9.30. The monoisotopic (exact) mass is 413 g/mol. The molecule has 0 saturated heterocycles. The van der Waals surface area contributed by atoms with Gasteiger partial charge in [-0.25, -0.2) is 17.5 Å². The normalized spacial score (nSPS) is 15.2. The smallest absolute Gasteiger partial charge is 0.242 e. The van der Waals surface area contributed by atoms with Gasteiger partial charge in [-0.2, -0.15) is 0 Å². The van der Waals surface area contributed by atoms with Crippen molar-refractivity contribution in [3.63, 3.8) is 0 Å². The summed E-state index contributed by atoms with van der Waals surface area (Å²) in [6.45, 7) is 1.73. The molecule has 1 saturated carbocycles. The van der Waals surface area contributed by atoms with Crippen molar-refractivity contribution in [2.75, 3.05) is 5.32 Å². The van der Waals surface area contributed by atoms with E-state index in [4.69, 9.17) is 0 Å². The van der Waals surface area contributed by atoms with E-state index in [0.29, 0.717) is 16.6 Å². The minimum absolute atomic E-state index is 0.0201. The molecular weight excluding hydrogens is 393 g/mol. The molecule has 0 spiro atoms. The number of aromatic nitrogens is 1. The molecule has 2 aromatic carbocycles. The van der Waals surface area contributed by atoms with Crippen molar-refractivity contribution in [2.24, 2.45) is 5.92 Å². The van der Waals surface area contributed by atoms with Crippen LogP contribution in [-0.4, -0.2) is 19.3 Å². The van der Waals surface area contributed by atoms with Gasteiger partial charge >= 0.3 is 0 Å². The molecule has 0 radical (unpaired) electrons. The Morgan fingerprint density at radius 1 is 1.14 bits per heavy atom. The third kappa shape index (κ3) is 4.44. The van der Waals surface area contributed by atoms with Gasteiger partial charge in [-0.05, 0) is 61.7 Å². The van der Waals surface area contributed by atoms with Crippen LogP contribution < -0.4 is 10.0 Å². The number of fused-ring (bicyclic) bond motifs is 1. The van der Waals surface area contributed by atoms with Gasteiger partial charge in [0.15, 0.2) is 0 Å². The summed E-state index contributed by atoms with van der Waals surface area (Å²) in [5.74, 6) is -0.319. The number of nitrogens with one attached hydrogen (secondary N) is 2. The molecule has 0 aliphatic heterocycles. The molecule has 1 amide bonds. The molecule has 1 fully saturated rings. The lowest BCUT2D eigenvalue weighted by molar-refractivity contribution is -0.117. The van der Waals surface area contributed by atoms with E-state index >= 15 is 0 Å². The molecule has 1 atom stereocenters. The van der Waals surface area contributed by atoms with Crippen LogP contribution >= 0.6 is 0 Å². The zero-order valence-electron chi connectivity index (χ0n) is 15.7. The Hall–Kier alpha value is -2.84. The molecule has 3 aromatic rings. The molecule has 1 heterocycles. The second-order valence-electron chi connectivity index (χ2n) is 7.24. The number of amides is 1. The maximum absolute atomic E-state index is 13.4. The summed E-state index contributed by atoms with van der Waals surface area (Å²) in [6.07, 6.45) is 3.11. The van der Waals surface area contributed by atoms with Crippen LogP contribution in [0.5, 0.6) is 0 Å². The Morgan fingerprint density at radius 2 is 1.86 bits per heavy atom. The highest BCUT2D eigenvalue weighted by atomic mass is 32.2. The van der Waals surface area contributed by atoms with Crippen molar-refractivity contribution >= 4 is 32.5 Å². The first kappa shape index (κ1) is 19.5. The Labute approximate surface area is 168 Å². The van der Waals surface area contributed by atoms with Gasteiger partial charge in [0.05, 0.1) is 5.52 Å². The van der Waals surface area contributed by atoms with Crippen LogP contribution in [0.2, 0.25) is 0 Å². The molecule has 1 unspecified atom stereocenters. The lowest BCUT2D eigenvalue weighted by Crippen LogP contribution is -2.27. The SMILES string of the molecule is CC(NS(=O)(=O)c1cnc2ccc(F)cc2c1)c1ccc(NC(=O)C2CC2)cc1. The Balaban J connectivity index is 1.49. The number of hydrogen-bond acceptors (Lipinski definition) is 4. The van der Waals surface area contributed by atoms with Crippen LogP contribution in [0.3, 0.4) is 0 Å². The van der Waals surface area contributed by atoms with E-state index in [0.717, 1.165) is 18.4 Å². The fourth-order valence-electron chi connectivity index (χ4n) is 3.04. The number of halogens is 1. The van der Waals surface area contributed by atoms with Crippen LogP contribution in [0.15, 0.2) is 59.6 Å². The minimum Gasteiger partial charge on any atom is -0.326 e. The summed E-state index contributed by atoms with van der Waals surface area (Å²) < 4.78 is 41.5. The average Bonchev–Trinajstić information content (AvgIpc) is 3.53. The number of benzene rings is 2. The summed E-state index contributed by atoms with van der Waals surface area (Å²) in [7, 11) is -3.85. The highest BCUT2D eigenvalue weighted by Crippen LogP contribution is 2.30. The number of carbonyl (C=O) groups is 1. The van der Waals surface area contributed by atoms with Gasteiger partial charge in [0.2, 0.25) is 15.9 Å². The van der Waals surface area contributed by atoms with Crippen molar-refractivity contribution in [3.8, 4) is 0 Å². The minimum atomic E-state index is -3.85. The van der Waals surface area contributed by atoms with Gasteiger partial charge < -0.3 is 5.32 Å². The molecule has 0 bridgehead atoms. The molecule has 8 heteroatoms. The first-order valence-corrected chi connectivity index (χ1v) is 10.8. The van der Waals surface area contributed by atoms with Crippen LogP contribution in [0.4, 0.5) is 10.1 Å². The summed E-state index contributed by atoms with van der Waals surface area (Å²) >= 11 is 0. The zero-order chi connectivity index (χ0) is 20.6. The van der Waals surface area contributed by atoms with Gasteiger partial charge in [0.25, 0.3) is 0 Å². The van der Waals surface area contributed by atoms with Crippen molar-refractivity contribution in [2.45, 2.75) is 30.7 Å². The van der Waals surface area contributed by atoms with E-state index in [1.807, 2.05) is 0 Å². The number of hydrogen-bond donors (Lipinski definition) is 2. The van der Waals surface area contributed by atoms with Crippen LogP contribution in [0.1, 0.15) is 31.4 Å². The first-order chi connectivity index (χ1) is 13.8. The van der Waals surface area contributed by atoms with Gasteiger partial charge in [0.1, 0.15) is 10.7 Å². The van der Waals surface area contributed by atoms with E-state index in [2.05, 4.69) is 15.0 Å². The van der Waals surface area contributed by atoms with Crippen molar-refractivity contribution in [1.82, 2.24) is 9.71 Å². The highest BCUT2D eigenvalue weighted by Gasteiger charge is 2.29. The Kier molecular flexibility index (Phi) is 5.06. The zero-order valence-corrected chi connectivity index (χ0v) is 16.5. The molecular formula is C21H20FN3O3S. The molecule has 1 aliphatic carbocycles. The summed E-state index contributed by atoms with van der Waals surface area (Å²) in [5.41, 5.74) is 1.95. The number of anilines is 1. The standard InChI is InChI=1S/C21H20FN3O3S/c1-13(14-4-7-18(8-5-14)24-21(26)15-2-3-15)25-29(27,28)19-11-16-10-17(22)6-9-20(16)23-12-19/h4-13,15,25H,2-3H2,1H3,(H,24,26). The van der Waals surface area contributed by atoms with Gasteiger partial charge in [-0.3, -0.25) is 9.78 Å². The maximum atomic E-state index is 13.4. The van der Waals surface area contributed by atoms with E-state index in [-0.39, 0.29) is 16.7 Å². The predicted molar refractivity (Wildman–Crippen MR) is 108 cm³/mol. The van der Waals surface area contributed by atoms with E-state index in [9.17, 15) is 17.6 Å². The largest absolute Gasteiger partial charge is 0.326 e. The van der Waals surface area contributed by atoms with Crippen LogP contribution in [0.25, 0.3) is 10.9 Å². The van der Waals surface area contributed by atoms with Gasteiger partial charge in [-0.1, -0.05) is 12.1 Å². The molecule has 150 valence electrons. The van der Waals surface area contributed by atoms with E-state index in [1.165, 1.54) is 30.5 Å². The molecule has 4 rings (SSSR count). The topological polar surface area (TPSA) is 88.2 Å². The predicted octanol–water partition coefficient (Wildman–Crippen LogP) is 3.76. The fourth-order valence-corrected chi connectivity index (χ4v) is 4.25. The lowest BCUT2D eigenvalue weighted by atomic mass is 10.1. The molecule has 29 heavy (non-hydrogen) atoms. The number of rotatable bonds is 6. The van der Waals surface area contributed by atoms with Crippen molar-refractivity contribution in [3.05, 3.63) is 66.1 Å². The van der Waals surface area contributed by atoms with Crippen LogP contribution in [0, 0.1) is 11.7 Å². The van der Waals surface area contributed by atoms with Gasteiger partial charge in [0, 0.05) is 29.2 Å². The average molecular weight is 413 g/mol. The van der Waals surface area contributed by atoms with Crippen LogP contribution in [-0.2, 0) is 14.8 Å². The number of nitrogens with zero attached hydrogens (tertiary/aromatic N) is 1. The van der Waals surface area contributed by atoms with Crippen molar-refractivity contribution < 1.29 is 17.6 Å². The third-order valence-corrected chi connectivity index (χ3v) is 6.39. The third-order valence-electron chi connectivity index (χ3n) is 4.89. The Bertz CT molecular complexity index is 1180. The summed E-state index contributed by atoms with van der Waals surface area (Å²) in [5, 5.41) is 3.26. The summed E-state index contributed by atoms with van der Waals surface area (Å²) in [6, 6.07) is 12.0. The lowest BCUT2D eigenvalue weighted by Gasteiger charge is -2.15. The van der Waals surface area contributed by atoms with Gasteiger partial charge in [-0.15, -0.1) is 0 Å². The van der Waals surface area contributed by atoms with E-state index in [1.54, 1.807) is 31.2 Å². The molecule has 6 nitrogen and oxygen atoms in total. The second kappa shape index (κ2) is 7.53. The number of sulfonamides is 1. The maximum Gasteiger partial charge on any atom is 0.242 e. The molecule has 2 N–H and O–H groups in total. The quantitative estimate of drug-likeness (QED) is 0.644. The molecule has 1 aromatic heterocycles. The molecule has 1 aliphatic rings. The number of pyridine rings is 1. The fraction of sp³-hybridized carbons (Fsp3) is 0.238. The number of carbonyl (C=O) groups excluding carboxylic acids is 1. The Morgan fingerprint density at radius 3 is 2.55 bits per heavy atom. The van der Waals surface area contributed by atoms with Crippen molar-refractivity contribution in [1.29, 1.82) is 0 Å². The second-order valence-corrected chi connectivity index (χ2v) is 8.95. The highest BCUT2D eigenvalue weighted by molar-refractivity contribution is 7.89. The summed E-state index contributed by atoms with van der Waals surface area (Å²) in [4.78, 5) is 15.9. The van der Waals surface area contributed by atoms with E-state index < -0.39 is 21.9 Å².